The third kappa shape index (κ3) is 5.91. The van der Waals surface area contributed by atoms with Gasteiger partial charge in [-0.1, -0.05) is 39.9 Å². The SMILES string of the molecule is CC(CNC(=O)CC(N)=S)C(C)(C)C. The minimum absolute atomic E-state index is 0.0893. The number of hydrogen-bond acceptors (Lipinski definition) is 2. The summed E-state index contributed by atoms with van der Waals surface area (Å²) in [5, 5.41) is 2.81. The van der Waals surface area contributed by atoms with Gasteiger partial charge in [-0.15, -0.1) is 0 Å². The predicted octanol–water partition coefficient (Wildman–Crippen LogP) is 1.46. The first kappa shape index (κ1) is 13.4. The van der Waals surface area contributed by atoms with E-state index in [0.717, 1.165) is 0 Å². The lowest BCUT2D eigenvalue weighted by molar-refractivity contribution is -0.120. The van der Waals surface area contributed by atoms with Crippen molar-refractivity contribution in [2.45, 2.75) is 34.1 Å². The molecule has 0 fully saturated rings. The summed E-state index contributed by atoms with van der Waals surface area (Å²) in [4.78, 5) is 11.4. The first-order chi connectivity index (χ1) is 6.23. The second kappa shape index (κ2) is 5.29. The summed E-state index contributed by atoms with van der Waals surface area (Å²) >= 11 is 4.64. The van der Waals surface area contributed by atoms with Crippen LogP contribution in [0.5, 0.6) is 0 Å². The monoisotopic (exact) mass is 216 g/mol. The van der Waals surface area contributed by atoms with Crippen LogP contribution in [-0.2, 0) is 4.79 Å². The van der Waals surface area contributed by atoms with Crippen LogP contribution in [0.15, 0.2) is 0 Å². The molecule has 4 heteroatoms. The molecule has 0 aliphatic rings. The van der Waals surface area contributed by atoms with Gasteiger partial charge in [-0.3, -0.25) is 4.79 Å². The standard InChI is InChI=1S/C10H20N2OS/c1-7(10(2,3)4)6-12-9(13)5-8(11)14/h7H,5-6H2,1-4H3,(H2,11,14)(H,12,13). The summed E-state index contributed by atoms with van der Waals surface area (Å²) in [5.74, 6) is 0.339. The van der Waals surface area contributed by atoms with Crippen molar-refractivity contribution < 1.29 is 4.79 Å². The van der Waals surface area contributed by atoms with Gasteiger partial charge in [0.1, 0.15) is 0 Å². The average molecular weight is 216 g/mol. The number of rotatable bonds is 4. The van der Waals surface area contributed by atoms with E-state index in [0.29, 0.717) is 12.5 Å². The lowest BCUT2D eigenvalue weighted by atomic mass is 9.82. The summed E-state index contributed by atoms with van der Waals surface area (Å²) in [6, 6.07) is 0. The van der Waals surface area contributed by atoms with E-state index in [4.69, 9.17) is 5.73 Å². The van der Waals surface area contributed by atoms with Crippen LogP contribution in [0.25, 0.3) is 0 Å². The van der Waals surface area contributed by atoms with Gasteiger partial charge in [-0.25, -0.2) is 0 Å². The molecule has 0 radical (unpaired) electrons. The molecule has 0 saturated carbocycles. The zero-order valence-corrected chi connectivity index (χ0v) is 10.2. The van der Waals surface area contributed by atoms with E-state index in [1.54, 1.807) is 0 Å². The fraction of sp³-hybridized carbons (Fsp3) is 0.800. The van der Waals surface area contributed by atoms with Crippen LogP contribution in [0.1, 0.15) is 34.1 Å². The molecule has 0 heterocycles. The van der Waals surface area contributed by atoms with Gasteiger partial charge in [0.25, 0.3) is 0 Å². The van der Waals surface area contributed by atoms with E-state index in [-0.39, 0.29) is 22.7 Å². The number of carbonyl (C=O) groups is 1. The Kier molecular flexibility index (Phi) is 5.05. The summed E-state index contributed by atoms with van der Waals surface area (Å²) in [6.07, 6.45) is 0.145. The average Bonchev–Trinajstić information content (AvgIpc) is 1.96. The Bertz CT molecular complexity index is 221. The van der Waals surface area contributed by atoms with Crippen molar-refractivity contribution >= 4 is 23.1 Å². The summed E-state index contributed by atoms with van der Waals surface area (Å²) in [7, 11) is 0. The normalized spacial score (nSPS) is 13.4. The maximum atomic E-state index is 11.2. The Hall–Kier alpha value is -0.640. The molecule has 3 N–H and O–H groups in total. The molecule has 0 saturated heterocycles. The molecule has 0 aliphatic heterocycles. The van der Waals surface area contributed by atoms with Gasteiger partial charge in [-0.2, -0.15) is 0 Å². The summed E-state index contributed by atoms with van der Waals surface area (Å²) in [5.41, 5.74) is 5.46. The minimum Gasteiger partial charge on any atom is -0.393 e. The van der Waals surface area contributed by atoms with Gasteiger partial charge in [0, 0.05) is 6.54 Å². The van der Waals surface area contributed by atoms with Crippen molar-refractivity contribution in [2.24, 2.45) is 17.1 Å². The lowest BCUT2D eigenvalue weighted by Crippen LogP contribution is -2.35. The zero-order valence-electron chi connectivity index (χ0n) is 9.39. The van der Waals surface area contributed by atoms with Crippen LogP contribution in [0.2, 0.25) is 0 Å². The van der Waals surface area contributed by atoms with Crippen molar-refractivity contribution in [2.75, 3.05) is 6.54 Å². The van der Waals surface area contributed by atoms with Crippen molar-refractivity contribution in [1.82, 2.24) is 5.32 Å². The van der Waals surface area contributed by atoms with Crippen LogP contribution >= 0.6 is 12.2 Å². The molecular formula is C10H20N2OS. The number of amides is 1. The van der Waals surface area contributed by atoms with Crippen LogP contribution in [0.4, 0.5) is 0 Å². The fourth-order valence-corrected chi connectivity index (χ4v) is 0.925. The van der Waals surface area contributed by atoms with E-state index >= 15 is 0 Å². The molecule has 0 rings (SSSR count). The molecule has 82 valence electrons. The fourth-order valence-electron chi connectivity index (χ4n) is 0.794. The topological polar surface area (TPSA) is 55.1 Å². The quantitative estimate of drug-likeness (QED) is 0.700. The van der Waals surface area contributed by atoms with Crippen LogP contribution in [0, 0.1) is 11.3 Å². The highest BCUT2D eigenvalue weighted by Gasteiger charge is 2.20. The Morgan fingerprint density at radius 3 is 2.36 bits per heavy atom. The highest BCUT2D eigenvalue weighted by atomic mass is 32.1. The van der Waals surface area contributed by atoms with E-state index in [2.05, 4.69) is 45.2 Å². The minimum atomic E-state index is -0.0893. The second-order valence-electron chi connectivity index (χ2n) is 4.71. The Balaban J connectivity index is 3.84. The maximum absolute atomic E-state index is 11.2. The Morgan fingerprint density at radius 1 is 1.50 bits per heavy atom. The summed E-state index contributed by atoms with van der Waals surface area (Å²) < 4.78 is 0. The highest BCUT2D eigenvalue weighted by Crippen LogP contribution is 2.24. The predicted molar refractivity (Wildman–Crippen MR) is 63.0 cm³/mol. The van der Waals surface area contributed by atoms with E-state index < -0.39 is 0 Å². The van der Waals surface area contributed by atoms with Gasteiger partial charge in [0.15, 0.2) is 0 Å². The first-order valence-electron chi connectivity index (χ1n) is 4.78. The molecule has 0 spiro atoms. The molecule has 0 bridgehead atoms. The van der Waals surface area contributed by atoms with Gasteiger partial charge in [-0.05, 0) is 11.3 Å². The van der Waals surface area contributed by atoms with Gasteiger partial charge in [0.2, 0.25) is 5.91 Å². The van der Waals surface area contributed by atoms with Crippen molar-refractivity contribution in [3.05, 3.63) is 0 Å². The molecule has 0 aromatic rings. The second-order valence-corrected chi connectivity index (χ2v) is 5.24. The van der Waals surface area contributed by atoms with E-state index in [1.807, 2.05) is 0 Å². The molecule has 3 nitrogen and oxygen atoms in total. The zero-order chi connectivity index (χ0) is 11.4. The highest BCUT2D eigenvalue weighted by molar-refractivity contribution is 7.80. The summed E-state index contributed by atoms with van der Waals surface area (Å²) in [6.45, 7) is 9.23. The molecule has 1 amide bonds. The number of nitrogens with one attached hydrogen (secondary N) is 1. The molecule has 1 atom stereocenters. The smallest absolute Gasteiger partial charge is 0.226 e. The number of thiocarbonyl (C=S) groups is 1. The van der Waals surface area contributed by atoms with E-state index in [9.17, 15) is 4.79 Å². The van der Waals surface area contributed by atoms with Crippen LogP contribution in [0.3, 0.4) is 0 Å². The number of carbonyl (C=O) groups excluding carboxylic acids is 1. The van der Waals surface area contributed by atoms with Crippen molar-refractivity contribution in [1.29, 1.82) is 0 Å². The van der Waals surface area contributed by atoms with Gasteiger partial charge in [0.05, 0.1) is 11.4 Å². The Morgan fingerprint density at radius 2 is 2.00 bits per heavy atom. The first-order valence-corrected chi connectivity index (χ1v) is 5.19. The lowest BCUT2D eigenvalue weighted by Gasteiger charge is -2.27. The molecule has 0 aromatic heterocycles. The number of hydrogen-bond donors (Lipinski definition) is 2. The van der Waals surface area contributed by atoms with E-state index in [1.165, 1.54) is 0 Å². The largest absolute Gasteiger partial charge is 0.393 e. The van der Waals surface area contributed by atoms with Crippen LogP contribution < -0.4 is 11.1 Å². The molecule has 1 unspecified atom stereocenters. The third-order valence-electron chi connectivity index (χ3n) is 2.42. The third-order valence-corrected chi connectivity index (χ3v) is 2.56. The van der Waals surface area contributed by atoms with Gasteiger partial charge < -0.3 is 11.1 Å². The van der Waals surface area contributed by atoms with Crippen molar-refractivity contribution in [3.63, 3.8) is 0 Å². The Labute approximate surface area is 91.4 Å². The van der Waals surface area contributed by atoms with Gasteiger partial charge >= 0.3 is 0 Å². The van der Waals surface area contributed by atoms with Crippen molar-refractivity contribution in [3.8, 4) is 0 Å². The molecular weight excluding hydrogens is 196 g/mol. The molecule has 14 heavy (non-hydrogen) atoms. The van der Waals surface area contributed by atoms with Crippen LogP contribution in [-0.4, -0.2) is 17.4 Å². The number of nitrogens with two attached hydrogens (primary N) is 1. The molecule has 0 aromatic carbocycles. The maximum Gasteiger partial charge on any atom is 0.226 e. The molecule has 0 aliphatic carbocycles.